The van der Waals surface area contributed by atoms with Crippen LogP contribution in [-0.4, -0.2) is 50.3 Å². The first kappa shape index (κ1) is 15.3. The number of piperidine rings is 2. The lowest BCUT2D eigenvalue weighted by Gasteiger charge is -2.45. The van der Waals surface area contributed by atoms with E-state index in [9.17, 15) is 8.42 Å². The fourth-order valence-corrected chi connectivity index (χ4v) is 5.12. The van der Waals surface area contributed by atoms with E-state index in [1.54, 1.807) is 10.4 Å². The maximum absolute atomic E-state index is 12.6. The molecule has 2 fully saturated rings. The number of nitrogens with zero attached hydrogens (tertiary/aromatic N) is 2. The molecule has 0 aromatic carbocycles. The molecule has 2 saturated heterocycles. The molecular formula is C14H21ClN2O3S. The van der Waals surface area contributed by atoms with Gasteiger partial charge in [-0.15, -0.1) is 11.6 Å². The highest BCUT2D eigenvalue weighted by Crippen LogP contribution is 2.32. The van der Waals surface area contributed by atoms with Crippen LogP contribution in [0.3, 0.4) is 0 Å². The van der Waals surface area contributed by atoms with Crippen LogP contribution in [0, 0.1) is 5.92 Å². The molecule has 2 aliphatic rings. The van der Waals surface area contributed by atoms with E-state index in [4.69, 9.17) is 16.0 Å². The van der Waals surface area contributed by atoms with E-state index in [1.165, 1.54) is 6.07 Å². The van der Waals surface area contributed by atoms with Crippen LogP contribution >= 0.6 is 11.6 Å². The predicted octanol–water partition coefficient (Wildman–Crippen LogP) is 2.12. The zero-order valence-corrected chi connectivity index (χ0v) is 13.7. The SMILES string of the molecule is CN1CCCC2CN(S(=O)(=O)c3ccc(CCl)o3)CCC21. The Balaban J connectivity index is 1.78. The molecule has 118 valence electrons. The highest BCUT2D eigenvalue weighted by atomic mass is 35.5. The molecular weight excluding hydrogens is 312 g/mol. The van der Waals surface area contributed by atoms with Gasteiger partial charge in [0, 0.05) is 19.1 Å². The highest BCUT2D eigenvalue weighted by molar-refractivity contribution is 7.89. The van der Waals surface area contributed by atoms with Crippen molar-refractivity contribution in [3.63, 3.8) is 0 Å². The largest absolute Gasteiger partial charge is 0.447 e. The topological polar surface area (TPSA) is 53.8 Å². The van der Waals surface area contributed by atoms with Gasteiger partial charge in [0.25, 0.3) is 10.0 Å². The summed E-state index contributed by atoms with van der Waals surface area (Å²) in [6.45, 7) is 2.27. The van der Waals surface area contributed by atoms with Gasteiger partial charge < -0.3 is 9.32 Å². The molecule has 3 heterocycles. The fourth-order valence-electron chi connectivity index (χ4n) is 3.53. The number of halogens is 1. The van der Waals surface area contributed by atoms with Gasteiger partial charge in [-0.05, 0) is 50.9 Å². The molecule has 1 aromatic heterocycles. The van der Waals surface area contributed by atoms with Crippen LogP contribution in [-0.2, 0) is 15.9 Å². The maximum atomic E-state index is 12.6. The summed E-state index contributed by atoms with van der Waals surface area (Å²) >= 11 is 5.68. The molecule has 0 saturated carbocycles. The Morgan fingerprint density at radius 2 is 2.14 bits per heavy atom. The van der Waals surface area contributed by atoms with Gasteiger partial charge in [-0.3, -0.25) is 0 Å². The van der Waals surface area contributed by atoms with Crippen molar-refractivity contribution >= 4 is 21.6 Å². The molecule has 0 radical (unpaired) electrons. The van der Waals surface area contributed by atoms with Gasteiger partial charge in [-0.2, -0.15) is 4.31 Å². The van der Waals surface area contributed by atoms with Crippen LogP contribution in [0.1, 0.15) is 25.0 Å². The van der Waals surface area contributed by atoms with Gasteiger partial charge in [-0.1, -0.05) is 0 Å². The third kappa shape index (κ3) is 2.86. The molecule has 0 bridgehead atoms. The summed E-state index contributed by atoms with van der Waals surface area (Å²) in [5.41, 5.74) is 0. The van der Waals surface area contributed by atoms with E-state index in [-0.39, 0.29) is 11.0 Å². The Hall–Kier alpha value is -0.560. The quantitative estimate of drug-likeness (QED) is 0.796. The summed E-state index contributed by atoms with van der Waals surface area (Å²) in [5, 5.41) is 0.0146. The van der Waals surface area contributed by atoms with Gasteiger partial charge in [0.15, 0.2) is 0 Å². The van der Waals surface area contributed by atoms with Crippen LogP contribution in [0.2, 0.25) is 0 Å². The van der Waals surface area contributed by atoms with Crippen LogP contribution < -0.4 is 0 Å². The monoisotopic (exact) mass is 332 g/mol. The highest BCUT2D eigenvalue weighted by Gasteiger charge is 2.39. The molecule has 0 amide bonds. The van der Waals surface area contributed by atoms with E-state index in [0.717, 1.165) is 25.8 Å². The van der Waals surface area contributed by atoms with Gasteiger partial charge >= 0.3 is 0 Å². The molecule has 2 aliphatic heterocycles. The molecule has 7 heteroatoms. The van der Waals surface area contributed by atoms with E-state index in [1.807, 2.05) is 0 Å². The number of sulfonamides is 1. The molecule has 21 heavy (non-hydrogen) atoms. The zero-order valence-electron chi connectivity index (χ0n) is 12.2. The van der Waals surface area contributed by atoms with Crippen LogP contribution in [0.5, 0.6) is 0 Å². The van der Waals surface area contributed by atoms with Gasteiger partial charge in [-0.25, -0.2) is 8.42 Å². The minimum atomic E-state index is -3.53. The molecule has 1 aromatic rings. The minimum Gasteiger partial charge on any atom is -0.447 e. The summed E-state index contributed by atoms with van der Waals surface area (Å²) < 4.78 is 32.2. The van der Waals surface area contributed by atoms with Crippen LogP contribution in [0.25, 0.3) is 0 Å². The second-order valence-electron chi connectivity index (χ2n) is 5.96. The number of rotatable bonds is 3. The van der Waals surface area contributed by atoms with E-state index in [2.05, 4.69) is 11.9 Å². The fraction of sp³-hybridized carbons (Fsp3) is 0.714. The lowest BCUT2D eigenvalue weighted by atomic mass is 9.85. The van der Waals surface area contributed by atoms with Crippen molar-refractivity contribution in [2.45, 2.75) is 36.3 Å². The summed E-state index contributed by atoms with van der Waals surface area (Å²) in [7, 11) is -1.39. The summed E-state index contributed by atoms with van der Waals surface area (Å²) in [6, 6.07) is 3.65. The van der Waals surface area contributed by atoms with Gasteiger partial charge in [0.2, 0.25) is 5.09 Å². The summed E-state index contributed by atoms with van der Waals surface area (Å²) in [5.74, 6) is 1.10. The second-order valence-corrected chi connectivity index (χ2v) is 8.09. The lowest BCUT2D eigenvalue weighted by molar-refractivity contribution is 0.0666. The number of fused-ring (bicyclic) bond motifs is 1. The standard InChI is InChI=1S/C14H21ClN2O3S/c1-16-7-2-3-11-10-17(8-6-13(11)16)21(18,19)14-5-4-12(9-15)20-14/h4-5,11,13H,2-3,6-10H2,1H3. The minimum absolute atomic E-state index is 0.0146. The maximum Gasteiger partial charge on any atom is 0.276 e. The Labute approximate surface area is 130 Å². The first-order valence-electron chi connectivity index (χ1n) is 7.37. The third-order valence-electron chi connectivity index (χ3n) is 4.67. The Morgan fingerprint density at radius 1 is 1.33 bits per heavy atom. The average molecular weight is 333 g/mol. The van der Waals surface area contributed by atoms with Crippen molar-refractivity contribution in [1.82, 2.24) is 9.21 Å². The summed E-state index contributed by atoms with van der Waals surface area (Å²) in [4.78, 5) is 2.37. The first-order valence-corrected chi connectivity index (χ1v) is 9.35. The van der Waals surface area contributed by atoms with Crippen molar-refractivity contribution < 1.29 is 12.8 Å². The molecule has 3 rings (SSSR count). The number of likely N-dealkylation sites (tertiary alicyclic amines) is 1. The molecule has 0 N–H and O–H groups in total. The molecule has 2 unspecified atom stereocenters. The average Bonchev–Trinajstić information content (AvgIpc) is 2.97. The van der Waals surface area contributed by atoms with Gasteiger partial charge in [0.1, 0.15) is 5.76 Å². The van der Waals surface area contributed by atoms with E-state index < -0.39 is 10.0 Å². The number of furan rings is 1. The van der Waals surface area contributed by atoms with Crippen molar-refractivity contribution in [3.05, 3.63) is 17.9 Å². The normalized spacial score (nSPS) is 28.5. The molecule has 2 atom stereocenters. The van der Waals surface area contributed by atoms with Crippen LogP contribution in [0.15, 0.2) is 21.6 Å². The smallest absolute Gasteiger partial charge is 0.276 e. The molecule has 5 nitrogen and oxygen atoms in total. The number of alkyl halides is 1. The molecule has 0 spiro atoms. The van der Waals surface area contributed by atoms with Crippen molar-refractivity contribution in [2.75, 3.05) is 26.7 Å². The van der Waals surface area contributed by atoms with Crippen molar-refractivity contribution in [2.24, 2.45) is 5.92 Å². The second kappa shape index (κ2) is 5.91. The van der Waals surface area contributed by atoms with Crippen molar-refractivity contribution in [3.8, 4) is 0 Å². The van der Waals surface area contributed by atoms with E-state index >= 15 is 0 Å². The lowest BCUT2D eigenvalue weighted by Crippen LogP contribution is -2.53. The summed E-state index contributed by atoms with van der Waals surface area (Å²) in [6.07, 6.45) is 3.14. The third-order valence-corrected chi connectivity index (χ3v) is 6.67. The van der Waals surface area contributed by atoms with Gasteiger partial charge in [0.05, 0.1) is 5.88 Å². The Bertz CT molecular complexity index is 601. The molecule has 0 aliphatic carbocycles. The predicted molar refractivity (Wildman–Crippen MR) is 80.8 cm³/mol. The van der Waals surface area contributed by atoms with Crippen LogP contribution in [0.4, 0.5) is 0 Å². The Kier molecular flexibility index (Phi) is 4.32. The van der Waals surface area contributed by atoms with Crippen molar-refractivity contribution in [1.29, 1.82) is 0 Å². The Morgan fingerprint density at radius 3 is 2.86 bits per heavy atom. The zero-order chi connectivity index (χ0) is 15.0. The number of hydrogen-bond donors (Lipinski definition) is 0. The van der Waals surface area contributed by atoms with E-state index in [0.29, 0.717) is 30.8 Å². The number of hydrogen-bond acceptors (Lipinski definition) is 4. The first-order chi connectivity index (χ1) is 10.0.